The topological polar surface area (TPSA) is 65.1 Å². The van der Waals surface area contributed by atoms with Gasteiger partial charge in [0, 0.05) is 20.2 Å². The normalized spacial score (nSPS) is 15.2. The first kappa shape index (κ1) is 18.3. The third kappa shape index (κ3) is 4.06. The summed E-state index contributed by atoms with van der Waals surface area (Å²) < 4.78 is 15.7. The molecular weight excluding hydrogens is 310 g/mol. The molecule has 0 saturated carbocycles. The van der Waals surface area contributed by atoms with Gasteiger partial charge in [0.15, 0.2) is 0 Å². The number of methoxy groups -OCH3 is 1. The monoisotopic (exact) mass is 335 g/mol. The second-order valence-corrected chi connectivity index (χ2v) is 5.56. The Hall–Kier alpha value is -2.08. The van der Waals surface area contributed by atoms with Crippen LogP contribution in [-0.4, -0.2) is 51.5 Å². The molecule has 1 heterocycles. The first-order valence-corrected chi connectivity index (χ1v) is 8.37. The van der Waals surface area contributed by atoms with Gasteiger partial charge >= 0.3 is 11.9 Å². The molecular formula is C18H25NO5. The summed E-state index contributed by atoms with van der Waals surface area (Å²) in [6.07, 6.45) is 1.99. The number of hydrogen-bond donors (Lipinski definition) is 0. The zero-order valence-corrected chi connectivity index (χ0v) is 14.5. The van der Waals surface area contributed by atoms with E-state index >= 15 is 0 Å². The van der Waals surface area contributed by atoms with Crippen LogP contribution in [0.4, 0.5) is 5.69 Å². The molecule has 0 radical (unpaired) electrons. The zero-order valence-electron chi connectivity index (χ0n) is 14.5. The first-order valence-electron chi connectivity index (χ1n) is 8.37. The average Bonchev–Trinajstić information content (AvgIpc) is 2.61. The molecule has 132 valence electrons. The van der Waals surface area contributed by atoms with Crippen molar-refractivity contribution >= 4 is 17.6 Å². The van der Waals surface area contributed by atoms with Crippen molar-refractivity contribution in [1.82, 2.24) is 0 Å². The molecule has 0 N–H and O–H groups in total. The van der Waals surface area contributed by atoms with Crippen LogP contribution in [0.25, 0.3) is 0 Å². The summed E-state index contributed by atoms with van der Waals surface area (Å²) >= 11 is 0. The number of rotatable bonds is 6. The van der Waals surface area contributed by atoms with Crippen LogP contribution in [0.2, 0.25) is 0 Å². The van der Waals surface area contributed by atoms with E-state index in [4.69, 9.17) is 14.2 Å². The largest absolute Gasteiger partial charge is 0.462 e. The summed E-state index contributed by atoms with van der Waals surface area (Å²) in [6, 6.07) is 5.23. The molecule has 24 heavy (non-hydrogen) atoms. The highest BCUT2D eigenvalue weighted by molar-refractivity contribution is 6.07. The maximum absolute atomic E-state index is 12.5. The molecule has 6 nitrogen and oxygen atoms in total. The van der Waals surface area contributed by atoms with Crippen LogP contribution in [0.3, 0.4) is 0 Å². The third-order valence-corrected chi connectivity index (χ3v) is 4.13. The minimum atomic E-state index is -0.505. The van der Waals surface area contributed by atoms with Gasteiger partial charge in [-0.3, -0.25) is 0 Å². The summed E-state index contributed by atoms with van der Waals surface area (Å²) in [5.41, 5.74) is 1.25. The fourth-order valence-corrected chi connectivity index (χ4v) is 2.93. The molecule has 0 spiro atoms. The fraction of sp³-hybridized carbons (Fsp3) is 0.556. The number of piperidine rings is 1. The van der Waals surface area contributed by atoms with Crippen molar-refractivity contribution in [3.8, 4) is 0 Å². The lowest BCUT2D eigenvalue weighted by Gasteiger charge is -2.34. The Balaban J connectivity index is 2.37. The Morgan fingerprint density at radius 2 is 1.71 bits per heavy atom. The Bertz CT molecular complexity index is 579. The molecule has 1 aromatic rings. The van der Waals surface area contributed by atoms with E-state index < -0.39 is 11.9 Å². The minimum Gasteiger partial charge on any atom is -0.462 e. The summed E-state index contributed by atoms with van der Waals surface area (Å²) in [5, 5.41) is 0. The molecule has 1 fully saturated rings. The van der Waals surface area contributed by atoms with Crippen LogP contribution in [0.1, 0.15) is 47.4 Å². The second-order valence-electron chi connectivity index (χ2n) is 5.56. The number of carbonyl (C=O) groups excluding carboxylic acids is 2. The van der Waals surface area contributed by atoms with Gasteiger partial charge in [0.2, 0.25) is 0 Å². The Morgan fingerprint density at radius 1 is 1.08 bits per heavy atom. The van der Waals surface area contributed by atoms with Crippen molar-refractivity contribution in [3.05, 3.63) is 29.3 Å². The number of esters is 2. The van der Waals surface area contributed by atoms with Gasteiger partial charge in [0.25, 0.3) is 0 Å². The number of benzene rings is 1. The maximum Gasteiger partial charge on any atom is 0.341 e. The maximum atomic E-state index is 12.5. The van der Waals surface area contributed by atoms with Gasteiger partial charge in [0.05, 0.1) is 36.1 Å². The predicted molar refractivity (Wildman–Crippen MR) is 90.6 cm³/mol. The number of anilines is 1. The molecule has 1 aliphatic heterocycles. The van der Waals surface area contributed by atoms with Gasteiger partial charge in [-0.1, -0.05) is 6.07 Å². The summed E-state index contributed by atoms with van der Waals surface area (Å²) in [6.45, 7) is 5.51. The fourth-order valence-electron chi connectivity index (χ4n) is 2.93. The van der Waals surface area contributed by atoms with E-state index in [1.54, 1.807) is 33.1 Å². The van der Waals surface area contributed by atoms with Gasteiger partial charge in [0.1, 0.15) is 0 Å². The van der Waals surface area contributed by atoms with E-state index in [1.165, 1.54) is 0 Å². The number of carbonyl (C=O) groups is 2. The Labute approximate surface area is 142 Å². The van der Waals surface area contributed by atoms with Crippen LogP contribution >= 0.6 is 0 Å². The molecule has 2 rings (SSSR count). The lowest BCUT2D eigenvalue weighted by Crippen LogP contribution is -2.37. The molecule has 0 aromatic heterocycles. The van der Waals surface area contributed by atoms with Crippen LogP contribution in [-0.2, 0) is 14.2 Å². The highest BCUT2D eigenvalue weighted by Gasteiger charge is 2.27. The first-order chi connectivity index (χ1) is 11.6. The van der Waals surface area contributed by atoms with Gasteiger partial charge in [-0.15, -0.1) is 0 Å². The number of hydrogen-bond acceptors (Lipinski definition) is 6. The highest BCUT2D eigenvalue weighted by atomic mass is 16.5. The van der Waals surface area contributed by atoms with Crippen molar-refractivity contribution in [1.29, 1.82) is 0 Å². The molecule has 0 unspecified atom stereocenters. The van der Waals surface area contributed by atoms with Crippen molar-refractivity contribution in [2.24, 2.45) is 0 Å². The molecule has 0 amide bonds. The quantitative estimate of drug-likeness (QED) is 0.745. The summed E-state index contributed by atoms with van der Waals surface area (Å²) in [7, 11) is 1.71. The lowest BCUT2D eigenvalue weighted by atomic mass is 10.0. The van der Waals surface area contributed by atoms with E-state index in [2.05, 4.69) is 4.90 Å². The lowest BCUT2D eigenvalue weighted by molar-refractivity contribution is 0.0479. The second kappa shape index (κ2) is 8.68. The van der Waals surface area contributed by atoms with Gasteiger partial charge in [-0.2, -0.15) is 0 Å². The standard InChI is InChI=1S/C18H25NO5/c1-4-23-17(20)14-7-6-8-15(16(14)18(21)24-5-2)19-11-9-13(22-3)10-12-19/h6-8,13H,4-5,9-12H2,1-3H3. The van der Waals surface area contributed by atoms with E-state index in [0.717, 1.165) is 25.9 Å². The smallest absolute Gasteiger partial charge is 0.341 e. The van der Waals surface area contributed by atoms with Crippen LogP contribution in [0, 0.1) is 0 Å². The van der Waals surface area contributed by atoms with Gasteiger partial charge in [-0.25, -0.2) is 9.59 Å². The predicted octanol–water partition coefficient (Wildman–Crippen LogP) is 2.66. The van der Waals surface area contributed by atoms with Crippen molar-refractivity contribution < 1.29 is 23.8 Å². The van der Waals surface area contributed by atoms with Crippen molar-refractivity contribution in [2.75, 3.05) is 38.3 Å². The minimum absolute atomic E-state index is 0.237. The van der Waals surface area contributed by atoms with Crippen LogP contribution < -0.4 is 4.90 Å². The Kier molecular flexibility index (Phi) is 6.61. The molecule has 0 aliphatic carbocycles. The van der Waals surface area contributed by atoms with E-state index in [-0.39, 0.29) is 30.4 Å². The molecule has 6 heteroatoms. The molecule has 1 aliphatic rings. The summed E-state index contributed by atoms with van der Waals surface area (Å²) in [5.74, 6) is -1.00. The van der Waals surface area contributed by atoms with Crippen molar-refractivity contribution in [3.63, 3.8) is 0 Å². The molecule has 0 bridgehead atoms. The van der Waals surface area contributed by atoms with Crippen LogP contribution in [0.15, 0.2) is 18.2 Å². The van der Waals surface area contributed by atoms with Crippen molar-refractivity contribution in [2.45, 2.75) is 32.8 Å². The summed E-state index contributed by atoms with van der Waals surface area (Å²) in [4.78, 5) is 26.8. The molecule has 0 atom stereocenters. The SMILES string of the molecule is CCOC(=O)c1cccc(N2CCC(OC)CC2)c1C(=O)OCC. The Morgan fingerprint density at radius 3 is 2.29 bits per heavy atom. The number of ether oxygens (including phenoxy) is 3. The molecule has 1 saturated heterocycles. The highest BCUT2D eigenvalue weighted by Crippen LogP contribution is 2.29. The zero-order chi connectivity index (χ0) is 17.5. The van der Waals surface area contributed by atoms with Gasteiger partial charge in [-0.05, 0) is 38.8 Å². The average molecular weight is 335 g/mol. The van der Waals surface area contributed by atoms with E-state index in [9.17, 15) is 9.59 Å². The van der Waals surface area contributed by atoms with E-state index in [0.29, 0.717) is 5.69 Å². The number of nitrogens with zero attached hydrogens (tertiary/aromatic N) is 1. The third-order valence-electron chi connectivity index (χ3n) is 4.13. The molecule has 1 aromatic carbocycles. The van der Waals surface area contributed by atoms with Crippen LogP contribution in [0.5, 0.6) is 0 Å². The van der Waals surface area contributed by atoms with Gasteiger partial charge < -0.3 is 19.1 Å². The van der Waals surface area contributed by atoms with E-state index in [1.807, 2.05) is 6.07 Å².